The Morgan fingerprint density at radius 1 is 1.04 bits per heavy atom. The van der Waals surface area contributed by atoms with E-state index in [1.165, 1.54) is 5.56 Å². The molecule has 0 atom stereocenters. The predicted molar refractivity (Wildman–Crippen MR) is 101 cm³/mol. The van der Waals surface area contributed by atoms with Crippen molar-refractivity contribution in [3.63, 3.8) is 0 Å². The second-order valence-corrected chi connectivity index (χ2v) is 13.1. The second kappa shape index (κ2) is 7.65. The highest BCUT2D eigenvalue weighted by atomic mass is 28.3. The Balaban J connectivity index is 3.99. The lowest BCUT2D eigenvalue weighted by Crippen LogP contribution is -2.59. The summed E-state index contributed by atoms with van der Waals surface area (Å²) >= 11 is 0. The lowest BCUT2D eigenvalue weighted by molar-refractivity contribution is 0.425. The molecular weight excluding hydrogens is 301 g/mol. The van der Waals surface area contributed by atoms with Crippen molar-refractivity contribution >= 4 is 25.8 Å². The van der Waals surface area contributed by atoms with Crippen LogP contribution in [-0.2, 0) is 6.42 Å². The molecule has 0 aliphatic rings. The molecule has 0 unspecified atom stereocenters. The van der Waals surface area contributed by atoms with E-state index in [0.29, 0.717) is 27.6 Å². The van der Waals surface area contributed by atoms with E-state index in [-0.39, 0.29) is 0 Å². The summed E-state index contributed by atoms with van der Waals surface area (Å²) in [4.78, 5) is 0. The Bertz CT molecular complexity index is 570. The van der Waals surface area contributed by atoms with E-state index in [2.05, 4.69) is 54.5 Å². The normalized spacial score (nSPS) is 12.1. The van der Waals surface area contributed by atoms with Gasteiger partial charge in [-0.15, -0.1) is 0 Å². The van der Waals surface area contributed by atoms with Crippen molar-refractivity contribution in [2.75, 3.05) is 0 Å². The van der Waals surface area contributed by atoms with Crippen molar-refractivity contribution in [2.45, 2.75) is 71.5 Å². The Kier molecular flexibility index (Phi) is 6.64. The number of aryl methyl sites for hydroxylation is 1. The molecule has 1 aromatic rings. The molecule has 0 saturated carbocycles. The molecule has 0 aliphatic heterocycles. The topological polar surface area (TPSA) is 64.2 Å². The van der Waals surface area contributed by atoms with Crippen LogP contribution in [0.15, 0.2) is 12.1 Å². The zero-order valence-electron chi connectivity index (χ0n) is 15.5. The summed E-state index contributed by atoms with van der Waals surface area (Å²) in [7, 11) is -3.66. The largest absolute Gasteiger partial charge is 0.489 e. The van der Waals surface area contributed by atoms with Gasteiger partial charge in [0, 0.05) is 0 Å². The first-order chi connectivity index (χ1) is 10.7. The number of nitriles is 1. The zero-order chi connectivity index (χ0) is 17.9. The van der Waals surface area contributed by atoms with Crippen LogP contribution >= 0.6 is 0 Å². The molecule has 0 aliphatic carbocycles. The molecule has 0 heterocycles. The van der Waals surface area contributed by atoms with Gasteiger partial charge in [0.2, 0.25) is 0 Å². The van der Waals surface area contributed by atoms with Gasteiger partial charge in [-0.05, 0) is 39.3 Å². The predicted octanol–water partition coefficient (Wildman–Crippen LogP) is 2.69. The van der Waals surface area contributed by atoms with E-state index in [4.69, 9.17) is 0 Å². The second-order valence-electron chi connectivity index (χ2n) is 7.30. The third-order valence-electron chi connectivity index (χ3n) is 5.39. The van der Waals surface area contributed by atoms with E-state index < -0.39 is 15.2 Å². The van der Waals surface area contributed by atoms with E-state index in [1.54, 1.807) is 6.07 Å². The molecule has 1 rings (SSSR count). The summed E-state index contributed by atoms with van der Waals surface area (Å²) in [5, 5.41) is 30.4. The highest BCUT2D eigenvalue weighted by molar-refractivity contribution is 6.96. The fraction of sp³-hybridized carbons (Fsp3) is 0.611. The van der Waals surface area contributed by atoms with Crippen molar-refractivity contribution in [3.8, 4) is 6.07 Å². The third kappa shape index (κ3) is 3.26. The summed E-state index contributed by atoms with van der Waals surface area (Å²) in [6.07, 6.45) is 0.854. The number of nitrogens with zero attached hydrogens (tertiary/aromatic N) is 1. The van der Waals surface area contributed by atoms with Gasteiger partial charge in [0.05, 0.1) is 19.7 Å². The lowest BCUT2D eigenvalue weighted by Gasteiger charge is -2.45. The summed E-state index contributed by atoms with van der Waals surface area (Å²) in [6, 6.07) is 5.99. The number of hydrogen-bond donors (Lipinski definition) is 2. The van der Waals surface area contributed by atoms with Gasteiger partial charge in [-0.25, -0.2) is 0 Å². The molecule has 5 heteroatoms. The molecule has 3 nitrogen and oxygen atoms in total. The first-order valence-electron chi connectivity index (χ1n) is 8.58. The Morgan fingerprint density at radius 3 is 1.83 bits per heavy atom. The van der Waals surface area contributed by atoms with E-state index in [1.807, 2.05) is 6.07 Å². The summed E-state index contributed by atoms with van der Waals surface area (Å²) < 4.78 is 0. The smallest absolute Gasteiger partial charge is 0.423 e. The molecule has 0 amide bonds. The van der Waals surface area contributed by atoms with Crippen LogP contribution < -0.4 is 10.6 Å². The fourth-order valence-electron chi connectivity index (χ4n) is 4.65. The Hall–Kier alpha value is -1.09. The minimum atomic E-state index is -2.06. The van der Waals surface area contributed by atoms with Crippen molar-refractivity contribution in [1.82, 2.24) is 0 Å². The first-order valence-corrected chi connectivity index (χ1v) is 10.8. The van der Waals surface area contributed by atoms with Gasteiger partial charge in [-0.3, -0.25) is 0 Å². The van der Waals surface area contributed by atoms with Gasteiger partial charge >= 0.3 is 7.12 Å². The summed E-state index contributed by atoms with van der Waals surface area (Å²) in [5.41, 5.74) is 3.43. The molecule has 0 radical (unpaired) electrons. The molecule has 23 heavy (non-hydrogen) atoms. The number of hydrogen-bond acceptors (Lipinski definition) is 3. The molecule has 1 aromatic carbocycles. The molecule has 0 aromatic heterocycles. The standard InChI is InChI=1S/C18H30BNO2Si/c1-8-15-9-10-17(19(21)22)16(11-20)18(15)23(12(2)3,13(4)5)14(6)7/h9-10,12-14,21-22H,8H2,1-7H3. The van der Waals surface area contributed by atoms with Gasteiger partial charge < -0.3 is 10.0 Å². The van der Waals surface area contributed by atoms with Crippen molar-refractivity contribution in [1.29, 1.82) is 5.26 Å². The quantitative estimate of drug-likeness (QED) is 0.788. The SMILES string of the molecule is CCc1ccc(B(O)O)c(C#N)c1[Si](C(C)C)(C(C)C)C(C)C. The molecule has 0 saturated heterocycles. The average Bonchev–Trinajstić information content (AvgIpc) is 2.45. The zero-order valence-corrected chi connectivity index (χ0v) is 16.5. The van der Waals surface area contributed by atoms with Crippen LogP contribution in [-0.4, -0.2) is 25.2 Å². The van der Waals surface area contributed by atoms with E-state index in [0.717, 1.165) is 11.6 Å². The maximum absolute atomic E-state index is 9.83. The number of rotatable bonds is 6. The lowest BCUT2D eigenvalue weighted by atomic mass is 9.76. The van der Waals surface area contributed by atoms with Crippen LogP contribution in [0, 0.1) is 11.3 Å². The Morgan fingerprint density at radius 2 is 1.52 bits per heavy atom. The minimum Gasteiger partial charge on any atom is -0.423 e. The molecule has 0 bridgehead atoms. The van der Waals surface area contributed by atoms with Crippen LogP contribution in [0.1, 0.15) is 59.6 Å². The average molecular weight is 331 g/mol. The van der Waals surface area contributed by atoms with Gasteiger partial charge in [0.15, 0.2) is 0 Å². The first kappa shape index (κ1) is 20.0. The van der Waals surface area contributed by atoms with E-state index in [9.17, 15) is 15.3 Å². The van der Waals surface area contributed by atoms with Crippen molar-refractivity contribution < 1.29 is 10.0 Å². The third-order valence-corrected chi connectivity index (χ3v) is 12.6. The Labute approximate surface area is 142 Å². The van der Waals surface area contributed by atoms with Gasteiger partial charge in [0.1, 0.15) is 0 Å². The maximum Gasteiger partial charge on any atom is 0.489 e. The summed E-state index contributed by atoms with van der Waals surface area (Å²) in [5.74, 6) is 0. The fourth-order valence-corrected chi connectivity index (χ4v) is 11.8. The molecule has 126 valence electrons. The molecule has 2 N–H and O–H groups in total. The highest BCUT2D eigenvalue weighted by Gasteiger charge is 2.47. The molecule has 0 spiro atoms. The van der Waals surface area contributed by atoms with Crippen LogP contribution in [0.3, 0.4) is 0 Å². The highest BCUT2D eigenvalue weighted by Crippen LogP contribution is 2.42. The summed E-state index contributed by atoms with van der Waals surface area (Å²) in [6.45, 7) is 15.7. The van der Waals surface area contributed by atoms with Gasteiger partial charge in [0.25, 0.3) is 0 Å². The number of benzene rings is 1. The monoisotopic (exact) mass is 331 g/mol. The van der Waals surface area contributed by atoms with Crippen LogP contribution in [0.25, 0.3) is 0 Å². The molecule has 0 fully saturated rings. The van der Waals surface area contributed by atoms with Crippen LogP contribution in [0.5, 0.6) is 0 Å². The maximum atomic E-state index is 9.83. The minimum absolute atomic E-state index is 0.346. The van der Waals surface area contributed by atoms with Crippen molar-refractivity contribution in [2.24, 2.45) is 0 Å². The van der Waals surface area contributed by atoms with E-state index >= 15 is 0 Å². The molecular formula is C18H30BNO2Si. The van der Waals surface area contributed by atoms with Crippen molar-refractivity contribution in [3.05, 3.63) is 23.3 Å². The van der Waals surface area contributed by atoms with Gasteiger partial charge in [-0.2, -0.15) is 5.26 Å². The van der Waals surface area contributed by atoms with Gasteiger partial charge in [-0.1, -0.05) is 60.6 Å². The van der Waals surface area contributed by atoms with Crippen LogP contribution in [0.2, 0.25) is 16.6 Å². The van der Waals surface area contributed by atoms with Crippen LogP contribution in [0.4, 0.5) is 0 Å².